The molecule has 13 rings (SSSR count). The first kappa shape index (κ1) is 35.6. The molecular weight excluding hydrogens is 697 g/mol. The minimum absolute atomic E-state index is 0.447. The molecule has 0 aliphatic heterocycles. The maximum Gasteiger partial charge on any atom is -0.00154 e. The number of hydrogen-bond donors (Lipinski definition) is 0. The fourth-order valence-corrected chi connectivity index (χ4v) is 19.8. The Hall–Kier alpha value is -3.12. The summed E-state index contributed by atoms with van der Waals surface area (Å²) in [7, 11) is 0. The summed E-state index contributed by atoms with van der Waals surface area (Å²) in [5.74, 6) is 17.6. The third-order valence-corrected chi connectivity index (χ3v) is 20.9. The van der Waals surface area contributed by atoms with Crippen LogP contribution in [0, 0.1) is 94.7 Å². The average Bonchev–Trinajstić information content (AvgIpc) is 3.87. The first-order valence-corrected chi connectivity index (χ1v) is 25.0. The minimum Gasteiger partial charge on any atom is -0.0622 e. The Morgan fingerprint density at radius 1 is 0.241 bits per heavy atom. The summed E-state index contributed by atoms with van der Waals surface area (Å²) in [6.07, 6.45) is 21.9. The molecule has 0 saturated heterocycles. The Morgan fingerprint density at radius 2 is 0.655 bits per heavy atom. The van der Waals surface area contributed by atoms with Gasteiger partial charge in [0.2, 0.25) is 0 Å². The third-order valence-electron chi connectivity index (χ3n) is 20.9. The molecule has 0 N–H and O–H groups in total. The second-order valence-corrected chi connectivity index (χ2v) is 22.3. The summed E-state index contributed by atoms with van der Waals surface area (Å²) in [4.78, 5) is 0. The van der Waals surface area contributed by atoms with Crippen LogP contribution in [0.15, 0.2) is 121 Å². The van der Waals surface area contributed by atoms with Crippen LogP contribution in [0.4, 0.5) is 0 Å². The molecule has 58 heavy (non-hydrogen) atoms. The molecule has 9 saturated carbocycles. The van der Waals surface area contributed by atoms with E-state index < -0.39 is 0 Å². The zero-order valence-electron chi connectivity index (χ0n) is 35.0. The highest BCUT2D eigenvalue weighted by atomic mass is 14.7. The summed E-state index contributed by atoms with van der Waals surface area (Å²) in [5, 5.41) is 0. The van der Waals surface area contributed by atoms with E-state index in [1.54, 1.807) is 86.5 Å². The smallest absolute Gasteiger partial charge is 0.00154 e. The first-order valence-electron chi connectivity index (χ1n) is 25.0. The van der Waals surface area contributed by atoms with E-state index in [9.17, 15) is 0 Å². The van der Waals surface area contributed by atoms with Gasteiger partial charge in [0, 0.05) is 0 Å². The lowest BCUT2D eigenvalue weighted by Crippen LogP contribution is -2.61. The molecule has 0 nitrogen and oxygen atoms in total. The number of fused-ring (bicyclic) bond motifs is 10. The first-order chi connectivity index (χ1) is 28.8. The summed E-state index contributed by atoms with van der Waals surface area (Å²) in [6, 6.07) is 48.4. The van der Waals surface area contributed by atoms with Gasteiger partial charge in [0.1, 0.15) is 0 Å². The van der Waals surface area contributed by atoms with Crippen LogP contribution in [-0.4, -0.2) is 0 Å². The molecule has 0 heteroatoms. The van der Waals surface area contributed by atoms with E-state index in [0.29, 0.717) is 23.7 Å². The van der Waals surface area contributed by atoms with Crippen molar-refractivity contribution in [1.29, 1.82) is 0 Å². The summed E-state index contributed by atoms with van der Waals surface area (Å²) in [6.45, 7) is 0. The van der Waals surface area contributed by atoms with Crippen molar-refractivity contribution < 1.29 is 0 Å². The summed E-state index contributed by atoms with van der Waals surface area (Å²) < 4.78 is 0. The van der Waals surface area contributed by atoms with E-state index >= 15 is 0 Å². The van der Waals surface area contributed by atoms with E-state index in [1.165, 1.54) is 25.7 Å². The number of rotatable bonds is 4. The van der Waals surface area contributed by atoms with Crippen LogP contribution < -0.4 is 0 Å². The molecule has 0 heterocycles. The minimum atomic E-state index is 0.447. The fraction of sp³-hybridized carbons (Fsp3) is 0.586. The van der Waals surface area contributed by atoms with Gasteiger partial charge in [0.25, 0.3) is 0 Å². The van der Waals surface area contributed by atoms with Gasteiger partial charge in [-0.3, -0.25) is 0 Å². The summed E-state index contributed by atoms with van der Waals surface area (Å²) >= 11 is 0. The Bertz CT molecular complexity index is 2030. The Morgan fingerprint density at radius 3 is 1.31 bits per heavy atom. The van der Waals surface area contributed by atoms with Gasteiger partial charge in [-0.1, -0.05) is 166 Å². The quantitative estimate of drug-likeness (QED) is 0.194. The lowest BCUT2D eigenvalue weighted by molar-refractivity contribution is -0.189. The van der Waals surface area contributed by atoms with Crippen LogP contribution in [0.2, 0.25) is 0 Å². The molecule has 4 aromatic carbocycles. The molecule has 0 bridgehead atoms. The molecule has 0 amide bonds. The van der Waals surface area contributed by atoms with Crippen LogP contribution in [0.25, 0.3) is 0 Å². The van der Waals surface area contributed by atoms with Crippen LogP contribution in [0.1, 0.15) is 136 Å². The van der Waals surface area contributed by atoms with E-state index in [1.807, 2.05) is 0 Å². The van der Waals surface area contributed by atoms with E-state index in [0.717, 1.165) is 94.7 Å². The summed E-state index contributed by atoms with van der Waals surface area (Å²) in [5.41, 5.74) is 6.42. The van der Waals surface area contributed by atoms with Crippen molar-refractivity contribution in [3.8, 4) is 0 Å². The zero-order valence-corrected chi connectivity index (χ0v) is 35.0. The number of benzene rings is 4. The molecule has 20 atom stereocenters. The van der Waals surface area contributed by atoms with Crippen molar-refractivity contribution in [2.24, 2.45) is 94.7 Å². The maximum atomic E-state index is 2.58. The normalized spacial score (nSPS) is 47.0. The van der Waals surface area contributed by atoms with Crippen molar-refractivity contribution in [3.05, 3.63) is 144 Å². The topological polar surface area (TPSA) is 0 Å². The predicted molar refractivity (Wildman–Crippen MR) is 237 cm³/mol. The van der Waals surface area contributed by atoms with Crippen LogP contribution in [0.5, 0.6) is 0 Å². The second kappa shape index (κ2) is 14.2. The van der Waals surface area contributed by atoms with Crippen molar-refractivity contribution in [3.63, 3.8) is 0 Å². The highest BCUT2D eigenvalue weighted by Crippen LogP contribution is 2.77. The van der Waals surface area contributed by atoms with Crippen molar-refractivity contribution in [1.82, 2.24) is 0 Å². The highest BCUT2D eigenvalue weighted by Gasteiger charge is 2.69. The van der Waals surface area contributed by atoms with Gasteiger partial charge < -0.3 is 0 Å². The van der Waals surface area contributed by atoms with Gasteiger partial charge in [0.15, 0.2) is 0 Å². The molecule has 0 aromatic heterocycles. The fourth-order valence-electron chi connectivity index (χ4n) is 19.8. The molecule has 9 aliphatic rings. The molecule has 9 fully saturated rings. The number of hydrogen-bond acceptors (Lipinski definition) is 0. The standard InChI is InChI=1S/C58H68/c1-5-17-36(18-6-1)52-50-34-49-48(58(50)55(39-23-11-4-12-24-39)54(38-21-9-3-10-22-38)53(52)37-19-7-2-8-20-37)33-47-44-31-40-25-13-14-28-41(40)45(44)32-46-42-29-15-26-35-27-16-30-43(51(35)42)56(49)57(46)47/h1-12,17-24,35,40-58H,13-16,25-34H2. The Balaban J connectivity index is 1.02. The van der Waals surface area contributed by atoms with Gasteiger partial charge in [0.05, 0.1) is 0 Å². The molecule has 4 aromatic rings. The van der Waals surface area contributed by atoms with Crippen LogP contribution >= 0.6 is 0 Å². The molecule has 0 radical (unpaired) electrons. The van der Waals surface area contributed by atoms with Crippen molar-refractivity contribution in [2.45, 2.75) is 114 Å². The molecular formula is C58H68. The van der Waals surface area contributed by atoms with Gasteiger partial charge >= 0.3 is 0 Å². The predicted octanol–water partition coefficient (Wildman–Crippen LogP) is 14.6. The Kier molecular flexibility index (Phi) is 8.74. The van der Waals surface area contributed by atoms with Crippen LogP contribution in [0.3, 0.4) is 0 Å². The van der Waals surface area contributed by atoms with E-state index in [2.05, 4.69) is 121 Å². The van der Waals surface area contributed by atoms with Gasteiger partial charge in [-0.25, -0.2) is 0 Å². The molecule has 9 aliphatic carbocycles. The lowest BCUT2D eigenvalue weighted by atomic mass is 9.38. The maximum absolute atomic E-state index is 2.58. The lowest BCUT2D eigenvalue weighted by Gasteiger charge is -2.67. The molecule has 300 valence electrons. The Labute approximate surface area is 350 Å². The second-order valence-electron chi connectivity index (χ2n) is 22.3. The molecule has 20 unspecified atom stereocenters. The van der Waals surface area contributed by atoms with Crippen molar-refractivity contribution in [2.75, 3.05) is 0 Å². The zero-order chi connectivity index (χ0) is 37.9. The largest absolute Gasteiger partial charge is 0.0622 e. The molecule has 0 spiro atoms. The van der Waals surface area contributed by atoms with Gasteiger partial charge in [-0.15, -0.1) is 0 Å². The van der Waals surface area contributed by atoms with Gasteiger partial charge in [-0.2, -0.15) is 0 Å². The van der Waals surface area contributed by atoms with E-state index in [-0.39, 0.29) is 0 Å². The SMILES string of the molecule is c1ccc(C2C3CC4C(CC5C6CC7CCCCC7C6CC6C7CCCC8CCCC(C87)C4C56)C3C(c3ccccc3)C(c3ccccc3)C2c2ccccc2)cc1. The third kappa shape index (κ3) is 5.30. The monoisotopic (exact) mass is 765 g/mol. The van der Waals surface area contributed by atoms with Crippen LogP contribution in [-0.2, 0) is 0 Å². The van der Waals surface area contributed by atoms with Gasteiger partial charge in [-0.05, 0) is 186 Å². The average molecular weight is 765 g/mol. The highest BCUT2D eigenvalue weighted by molar-refractivity contribution is 5.43. The van der Waals surface area contributed by atoms with E-state index in [4.69, 9.17) is 0 Å². The van der Waals surface area contributed by atoms with Crippen molar-refractivity contribution >= 4 is 0 Å².